The smallest absolute Gasteiger partial charge is 0.233 e. The molecule has 2 heterocycles. The molecule has 2 rings (SSSR count). The van der Waals surface area contributed by atoms with Crippen LogP contribution in [0.4, 0.5) is 0 Å². The van der Waals surface area contributed by atoms with Crippen LogP contribution in [0.5, 0.6) is 0 Å². The van der Waals surface area contributed by atoms with Gasteiger partial charge in [-0.1, -0.05) is 30.0 Å². The zero-order valence-corrected chi connectivity index (χ0v) is 15.4. The minimum Gasteiger partial charge on any atom is -0.338 e. The second-order valence-corrected chi connectivity index (χ2v) is 7.07. The maximum atomic E-state index is 12.3. The molecule has 0 atom stereocenters. The van der Waals surface area contributed by atoms with Gasteiger partial charge in [0.25, 0.3) is 0 Å². The highest BCUT2D eigenvalue weighted by atomic mass is 32.2. The summed E-state index contributed by atoms with van der Waals surface area (Å²) in [6.07, 6.45) is 0. The second-order valence-electron chi connectivity index (χ2n) is 5.18. The Balaban J connectivity index is 2.06. The van der Waals surface area contributed by atoms with Gasteiger partial charge in [-0.05, 0) is 32.2 Å². The molecule has 2 aromatic heterocycles. The third-order valence-corrected chi connectivity index (χ3v) is 5.11. The van der Waals surface area contributed by atoms with Crippen LogP contribution in [0.1, 0.15) is 20.8 Å². The Hall–Kier alpha value is -1.60. The van der Waals surface area contributed by atoms with Gasteiger partial charge in [-0.3, -0.25) is 4.79 Å². The third-order valence-electron chi connectivity index (χ3n) is 3.29. The first-order chi connectivity index (χ1) is 11.1. The Bertz CT molecular complexity index is 664. The number of hydrogen-bond acceptors (Lipinski definition) is 5. The summed E-state index contributed by atoms with van der Waals surface area (Å²) in [5, 5.41) is 11.4. The second kappa shape index (κ2) is 8.31. The normalized spacial score (nSPS) is 10.7. The fraction of sp³-hybridized carbons (Fsp3) is 0.438. The molecule has 0 unspecified atom stereocenters. The molecule has 1 amide bonds. The molecule has 0 aliphatic rings. The van der Waals surface area contributed by atoms with Crippen LogP contribution < -0.4 is 0 Å². The zero-order valence-electron chi connectivity index (χ0n) is 13.8. The van der Waals surface area contributed by atoms with E-state index in [9.17, 15) is 4.79 Å². The Morgan fingerprint density at radius 1 is 1.43 bits per heavy atom. The molecule has 0 spiro atoms. The van der Waals surface area contributed by atoms with Gasteiger partial charge in [0.1, 0.15) is 0 Å². The lowest BCUT2D eigenvalue weighted by molar-refractivity contribution is -0.127. The van der Waals surface area contributed by atoms with Gasteiger partial charge in [-0.15, -0.1) is 21.5 Å². The SMILES string of the molecule is C=C(C)CN(CC)C(=O)CSc1nnc(-c2cccs2)n1CC. The molecule has 124 valence electrons. The molecule has 0 bridgehead atoms. The van der Waals surface area contributed by atoms with Crippen LogP contribution in [0.3, 0.4) is 0 Å². The van der Waals surface area contributed by atoms with Crippen molar-refractivity contribution in [1.29, 1.82) is 0 Å². The molecule has 5 nitrogen and oxygen atoms in total. The van der Waals surface area contributed by atoms with Crippen LogP contribution >= 0.6 is 23.1 Å². The number of amides is 1. The number of rotatable bonds is 8. The van der Waals surface area contributed by atoms with Crippen LogP contribution in [0.2, 0.25) is 0 Å². The first kappa shape index (κ1) is 17.7. The molecular weight excluding hydrogens is 328 g/mol. The fourth-order valence-corrected chi connectivity index (χ4v) is 3.81. The highest BCUT2D eigenvalue weighted by molar-refractivity contribution is 7.99. The van der Waals surface area contributed by atoms with E-state index in [0.717, 1.165) is 28.0 Å². The lowest BCUT2D eigenvalue weighted by atomic mass is 10.3. The average Bonchev–Trinajstić information content (AvgIpc) is 3.18. The van der Waals surface area contributed by atoms with E-state index in [0.29, 0.717) is 18.8 Å². The number of hydrogen-bond donors (Lipinski definition) is 0. The Morgan fingerprint density at radius 3 is 2.78 bits per heavy atom. The van der Waals surface area contributed by atoms with Crippen LogP contribution in [0, 0.1) is 0 Å². The van der Waals surface area contributed by atoms with Gasteiger partial charge in [0.15, 0.2) is 11.0 Å². The molecule has 0 saturated heterocycles. The molecular formula is C16H22N4OS2. The van der Waals surface area contributed by atoms with Crippen molar-refractivity contribution >= 4 is 29.0 Å². The van der Waals surface area contributed by atoms with Crippen LogP contribution in [-0.4, -0.2) is 44.4 Å². The quantitative estimate of drug-likeness (QED) is 0.540. The summed E-state index contributed by atoms with van der Waals surface area (Å²) in [4.78, 5) is 15.2. The number of aromatic nitrogens is 3. The van der Waals surface area contributed by atoms with Gasteiger partial charge in [-0.25, -0.2) is 0 Å². The lowest BCUT2D eigenvalue weighted by Crippen LogP contribution is -2.33. The van der Waals surface area contributed by atoms with Crippen molar-refractivity contribution in [2.24, 2.45) is 0 Å². The van der Waals surface area contributed by atoms with E-state index in [2.05, 4.69) is 28.3 Å². The summed E-state index contributed by atoms with van der Waals surface area (Å²) in [5.74, 6) is 1.33. The van der Waals surface area contributed by atoms with Crippen molar-refractivity contribution in [3.63, 3.8) is 0 Å². The third kappa shape index (κ3) is 4.45. The van der Waals surface area contributed by atoms with Crippen molar-refractivity contribution in [2.45, 2.75) is 32.5 Å². The predicted octanol–water partition coefficient (Wildman–Crippen LogP) is 3.54. The highest BCUT2D eigenvalue weighted by Crippen LogP contribution is 2.27. The maximum Gasteiger partial charge on any atom is 0.233 e. The van der Waals surface area contributed by atoms with Gasteiger partial charge >= 0.3 is 0 Å². The minimum absolute atomic E-state index is 0.101. The number of thioether (sulfide) groups is 1. The summed E-state index contributed by atoms with van der Waals surface area (Å²) in [7, 11) is 0. The Kier molecular flexibility index (Phi) is 6.41. The molecule has 23 heavy (non-hydrogen) atoms. The van der Waals surface area contributed by atoms with Crippen molar-refractivity contribution in [3.05, 3.63) is 29.7 Å². The minimum atomic E-state index is 0.101. The summed E-state index contributed by atoms with van der Waals surface area (Å²) in [6, 6.07) is 4.04. The topological polar surface area (TPSA) is 51.0 Å². The number of thiophene rings is 1. The van der Waals surface area contributed by atoms with E-state index in [4.69, 9.17) is 0 Å². The molecule has 0 aliphatic heterocycles. The molecule has 0 aliphatic carbocycles. The predicted molar refractivity (Wildman–Crippen MR) is 96.8 cm³/mol. The van der Waals surface area contributed by atoms with Crippen LogP contribution in [-0.2, 0) is 11.3 Å². The molecule has 0 aromatic carbocycles. The van der Waals surface area contributed by atoms with Crippen molar-refractivity contribution in [1.82, 2.24) is 19.7 Å². The van der Waals surface area contributed by atoms with Crippen molar-refractivity contribution in [2.75, 3.05) is 18.8 Å². The van der Waals surface area contributed by atoms with Gasteiger partial charge in [-0.2, -0.15) is 0 Å². The fourth-order valence-electron chi connectivity index (χ4n) is 2.19. The maximum absolute atomic E-state index is 12.3. The summed E-state index contributed by atoms with van der Waals surface area (Å²) < 4.78 is 2.05. The van der Waals surface area contributed by atoms with Gasteiger partial charge in [0, 0.05) is 19.6 Å². The molecule has 0 radical (unpaired) electrons. The van der Waals surface area contributed by atoms with E-state index in [1.165, 1.54) is 11.8 Å². The average molecular weight is 351 g/mol. The van der Waals surface area contributed by atoms with Gasteiger partial charge in [0.05, 0.1) is 10.6 Å². The van der Waals surface area contributed by atoms with Crippen LogP contribution in [0.15, 0.2) is 34.8 Å². The molecule has 7 heteroatoms. The largest absolute Gasteiger partial charge is 0.338 e. The van der Waals surface area contributed by atoms with Gasteiger partial charge < -0.3 is 9.47 Å². The summed E-state index contributed by atoms with van der Waals surface area (Å²) in [6.45, 7) is 11.9. The first-order valence-corrected chi connectivity index (χ1v) is 9.45. The van der Waals surface area contributed by atoms with Crippen molar-refractivity contribution < 1.29 is 4.79 Å². The van der Waals surface area contributed by atoms with Gasteiger partial charge in [0.2, 0.25) is 5.91 Å². The summed E-state index contributed by atoms with van der Waals surface area (Å²) >= 11 is 3.08. The van der Waals surface area contributed by atoms with E-state index in [1.807, 2.05) is 36.3 Å². The van der Waals surface area contributed by atoms with Crippen LogP contribution in [0.25, 0.3) is 10.7 Å². The molecule has 0 N–H and O–H groups in total. The van der Waals surface area contributed by atoms with E-state index < -0.39 is 0 Å². The lowest BCUT2D eigenvalue weighted by Gasteiger charge is -2.20. The Morgan fingerprint density at radius 2 is 2.22 bits per heavy atom. The standard InChI is InChI=1S/C16H22N4OS2/c1-5-19(10-12(3)4)14(21)11-23-16-18-17-15(20(16)6-2)13-8-7-9-22-13/h7-9H,3,5-6,10-11H2,1-2,4H3. The zero-order chi connectivity index (χ0) is 16.8. The number of carbonyl (C=O) groups excluding carboxylic acids is 1. The van der Waals surface area contributed by atoms with E-state index in [-0.39, 0.29) is 5.91 Å². The number of likely N-dealkylation sites (N-methyl/N-ethyl adjacent to an activating group) is 1. The number of carbonyl (C=O) groups is 1. The molecule has 2 aromatic rings. The monoisotopic (exact) mass is 350 g/mol. The van der Waals surface area contributed by atoms with E-state index in [1.54, 1.807) is 11.3 Å². The van der Waals surface area contributed by atoms with E-state index >= 15 is 0 Å². The first-order valence-electron chi connectivity index (χ1n) is 7.58. The number of nitrogens with zero attached hydrogens (tertiary/aromatic N) is 4. The molecule has 0 fully saturated rings. The summed E-state index contributed by atoms with van der Waals surface area (Å²) in [5.41, 5.74) is 0.988. The van der Waals surface area contributed by atoms with Crippen molar-refractivity contribution in [3.8, 4) is 10.7 Å². The molecule has 0 saturated carbocycles. The Labute approximate surface area is 145 Å². The highest BCUT2D eigenvalue weighted by Gasteiger charge is 2.17.